The van der Waals surface area contributed by atoms with Gasteiger partial charge in [-0.2, -0.15) is 4.99 Å². The summed E-state index contributed by atoms with van der Waals surface area (Å²) in [5.74, 6) is -0.809. The lowest BCUT2D eigenvalue weighted by atomic mass is 9.75. The van der Waals surface area contributed by atoms with Crippen molar-refractivity contribution in [3.8, 4) is 0 Å². The Bertz CT molecular complexity index is 521. The van der Waals surface area contributed by atoms with E-state index in [9.17, 15) is 9.18 Å². The molecule has 106 valence electrons. The van der Waals surface area contributed by atoms with Gasteiger partial charge in [-0.1, -0.05) is 12.1 Å². The fourth-order valence-electron chi connectivity index (χ4n) is 3.14. The third-order valence-corrected chi connectivity index (χ3v) is 4.29. The molecule has 1 saturated carbocycles. The van der Waals surface area contributed by atoms with E-state index in [1.54, 1.807) is 18.2 Å². The Morgan fingerprint density at radius 2 is 1.65 bits per heavy atom. The maximum absolute atomic E-state index is 13.1. The van der Waals surface area contributed by atoms with Crippen LogP contribution in [0, 0.1) is 5.82 Å². The first-order valence-electron chi connectivity index (χ1n) is 6.81. The first kappa shape index (κ1) is 13.4. The molecule has 1 aliphatic heterocycles. The number of hydrogen-bond acceptors (Lipinski definition) is 4. The summed E-state index contributed by atoms with van der Waals surface area (Å²) in [6.45, 7) is 1.22. The van der Waals surface area contributed by atoms with Crippen molar-refractivity contribution in [1.82, 2.24) is 0 Å². The fourth-order valence-corrected chi connectivity index (χ4v) is 3.14. The predicted molar refractivity (Wildman–Crippen MR) is 69.3 cm³/mol. The lowest BCUT2D eigenvalue weighted by Gasteiger charge is -2.40. The monoisotopic (exact) mass is 277 g/mol. The Morgan fingerprint density at radius 1 is 1.05 bits per heavy atom. The van der Waals surface area contributed by atoms with Gasteiger partial charge < -0.3 is 9.47 Å². The van der Waals surface area contributed by atoms with Crippen molar-refractivity contribution < 1.29 is 18.7 Å². The average Bonchev–Trinajstić information content (AvgIpc) is 2.92. The topological polar surface area (TPSA) is 47.9 Å². The second-order valence-corrected chi connectivity index (χ2v) is 5.35. The number of nitrogens with zero attached hydrogens (tertiary/aromatic N) is 1. The molecule has 1 aromatic carbocycles. The molecule has 4 nitrogen and oxygen atoms in total. The Morgan fingerprint density at radius 3 is 2.20 bits per heavy atom. The molecular formula is C15H16FNO3. The quantitative estimate of drug-likeness (QED) is 0.617. The maximum Gasteiger partial charge on any atom is 0.235 e. The molecule has 0 N–H and O–H groups in total. The molecular weight excluding hydrogens is 261 g/mol. The standard InChI is InChI=1S/C15H16FNO3/c16-13-3-1-12(2-4-13)14(17-11-18)5-7-15(8-6-14)19-9-10-20-15/h1-4H,5-10H2. The molecule has 0 unspecified atom stereocenters. The van der Waals surface area contributed by atoms with Crippen LogP contribution in [0.5, 0.6) is 0 Å². The van der Waals surface area contributed by atoms with Gasteiger partial charge in [0, 0.05) is 12.8 Å². The number of hydrogen-bond donors (Lipinski definition) is 0. The van der Waals surface area contributed by atoms with E-state index in [0.717, 1.165) is 5.56 Å². The Hall–Kier alpha value is -1.55. The summed E-state index contributed by atoms with van der Waals surface area (Å²) in [5, 5.41) is 0. The van der Waals surface area contributed by atoms with Crippen molar-refractivity contribution in [2.75, 3.05) is 13.2 Å². The van der Waals surface area contributed by atoms with Gasteiger partial charge in [-0.3, -0.25) is 0 Å². The number of carbonyl (C=O) groups excluding carboxylic acids is 1. The molecule has 1 aromatic rings. The van der Waals surface area contributed by atoms with Crippen molar-refractivity contribution in [3.05, 3.63) is 35.6 Å². The molecule has 0 atom stereocenters. The van der Waals surface area contributed by atoms with Gasteiger partial charge in [0.05, 0.1) is 18.8 Å². The molecule has 0 aromatic heterocycles. The van der Waals surface area contributed by atoms with Crippen LogP contribution in [-0.4, -0.2) is 25.1 Å². The fraction of sp³-hybridized carbons (Fsp3) is 0.533. The average molecular weight is 277 g/mol. The van der Waals surface area contributed by atoms with Crippen LogP contribution in [0.3, 0.4) is 0 Å². The molecule has 3 rings (SSSR count). The highest BCUT2D eigenvalue weighted by Gasteiger charge is 2.47. The van der Waals surface area contributed by atoms with Crippen LogP contribution in [0.15, 0.2) is 29.3 Å². The molecule has 5 heteroatoms. The molecule has 1 saturated heterocycles. The number of benzene rings is 1. The first-order valence-corrected chi connectivity index (χ1v) is 6.81. The summed E-state index contributed by atoms with van der Waals surface area (Å²) in [4.78, 5) is 14.8. The van der Waals surface area contributed by atoms with E-state index < -0.39 is 11.3 Å². The molecule has 0 bridgehead atoms. The van der Waals surface area contributed by atoms with Crippen molar-refractivity contribution in [2.24, 2.45) is 4.99 Å². The van der Waals surface area contributed by atoms with E-state index in [0.29, 0.717) is 38.9 Å². The van der Waals surface area contributed by atoms with Gasteiger partial charge in [-0.25, -0.2) is 9.18 Å². The van der Waals surface area contributed by atoms with E-state index in [-0.39, 0.29) is 5.82 Å². The van der Waals surface area contributed by atoms with Crippen molar-refractivity contribution in [1.29, 1.82) is 0 Å². The van der Waals surface area contributed by atoms with Crippen LogP contribution in [-0.2, 0) is 19.8 Å². The van der Waals surface area contributed by atoms with E-state index >= 15 is 0 Å². The van der Waals surface area contributed by atoms with Gasteiger partial charge in [0.1, 0.15) is 5.82 Å². The van der Waals surface area contributed by atoms with Gasteiger partial charge in [0.2, 0.25) is 6.08 Å². The molecule has 1 aliphatic carbocycles. The Balaban J connectivity index is 1.87. The zero-order valence-electron chi connectivity index (χ0n) is 11.1. The third kappa shape index (κ3) is 2.29. The number of aliphatic imine (C=N–C) groups is 1. The Labute approximate surface area is 116 Å². The highest BCUT2D eigenvalue weighted by Crippen LogP contribution is 2.47. The van der Waals surface area contributed by atoms with Crippen molar-refractivity contribution in [2.45, 2.75) is 37.0 Å². The maximum atomic E-state index is 13.1. The van der Waals surface area contributed by atoms with Crippen LogP contribution in [0.4, 0.5) is 4.39 Å². The number of rotatable bonds is 2. The number of ether oxygens (including phenoxy) is 2. The molecule has 2 fully saturated rings. The second-order valence-electron chi connectivity index (χ2n) is 5.35. The summed E-state index contributed by atoms with van der Waals surface area (Å²) < 4.78 is 24.4. The number of halogens is 1. The molecule has 1 heterocycles. The molecule has 1 spiro atoms. The van der Waals surface area contributed by atoms with Crippen LogP contribution < -0.4 is 0 Å². The van der Waals surface area contributed by atoms with Gasteiger partial charge >= 0.3 is 0 Å². The minimum absolute atomic E-state index is 0.297. The minimum Gasteiger partial charge on any atom is -0.348 e. The van der Waals surface area contributed by atoms with E-state index in [1.807, 2.05) is 0 Å². The van der Waals surface area contributed by atoms with Gasteiger partial charge in [-0.05, 0) is 30.5 Å². The molecule has 2 aliphatic rings. The lowest BCUT2D eigenvalue weighted by molar-refractivity contribution is -0.184. The lowest BCUT2D eigenvalue weighted by Crippen LogP contribution is -2.41. The van der Waals surface area contributed by atoms with Crippen molar-refractivity contribution >= 4 is 6.08 Å². The summed E-state index contributed by atoms with van der Waals surface area (Å²) >= 11 is 0. The normalized spacial score (nSPS) is 23.4. The van der Waals surface area contributed by atoms with Crippen LogP contribution in [0.25, 0.3) is 0 Å². The second kappa shape index (κ2) is 5.09. The molecule has 20 heavy (non-hydrogen) atoms. The summed E-state index contributed by atoms with van der Waals surface area (Å²) in [5.41, 5.74) is 0.214. The van der Waals surface area contributed by atoms with Crippen LogP contribution >= 0.6 is 0 Å². The highest BCUT2D eigenvalue weighted by atomic mass is 19.1. The summed E-state index contributed by atoms with van der Waals surface area (Å²) in [6, 6.07) is 6.16. The van der Waals surface area contributed by atoms with E-state index in [4.69, 9.17) is 9.47 Å². The van der Waals surface area contributed by atoms with Gasteiger partial charge in [-0.15, -0.1) is 0 Å². The van der Waals surface area contributed by atoms with Crippen LogP contribution in [0.2, 0.25) is 0 Å². The van der Waals surface area contributed by atoms with E-state index in [2.05, 4.69) is 4.99 Å². The number of isocyanates is 1. The SMILES string of the molecule is O=C=NC1(c2ccc(F)cc2)CCC2(CC1)OCCO2. The smallest absolute Gasteiger partial charge is 0.235 e. The molecule has 0 radical (unpaired) electrons. The predicted octanol–water partition coefficient (Wildman–Crippen LogP) is 2.67. The summed E-state index contributed by atoms with van der Waals surface area (Å²) in [6.07, 6.45) is 4.29. The zero-order valence-corrected chi connectivity index (χ0v) is 11.1. The third-order valence-electron chi connectivity index (χ3n) is 4.29. The van der Waals surface area contributed by atoms with Crippen molar-refractivity contribution in [3.63, 3.8) is 0 Å². The minimum atomic E-state index is -0.629. The van der Waals surface area contributed by atoms with Gasteiger partial charge in [0.15, 0.2) is 5.79 Å². The molecule has 0 amide bonds. The largest absolute Gasteiger partial charge is 0.348 e. The van der Waals surface area contributed by atoms with Gasteiger partial charge in [0.25, 0.3) is 0 Å². The highest BCUT2D eigenvalue weighted by molar-refractivity contribution is 5.38. The Kier molecular flexibility index (Phi) is 3.42. The van der Waals surface area contributed by atoms with Crippen LogP contribution in [0.1, 0.15) is 31.2 Å². The zero-order chi connectivity index (χ0) is 14.1. The van der Waals surface area contributed by atoms with E-state index in [1.165, 1.54) is 12.1 Å². The first-order chi connectivity index (χ1) is 9.68. The summed E-state index contributed by atoms with van der Waals surface area (Å²) in [7, 11) is 0.